The summed E-state index contributed by atoms with van der Waals surface area (Å²) < 4.78 is 0. The van der Waals surface area contributed by atoms with Crippen LogP contribution in [-0.4, -0.2) is 42.1 Å². The Bertz CT molecular complexity index is 571. The first-order valence-electron chi connectivity index (χ1n) is 7.15. The zero-order valence-electron chi connectivity index (χ0n) is 12.3. The van der Waals surface area contributed by atoms with E-state index in [0.717, 1.165) is 5.69 Å². The quantitative estimate of drug-likeness (QED) is 0.735. The largest absolute Gasteiger partial charge is 0.481 e. The molecule has 2 rings (SSSR count). The number of hydrogen-bond acceptors (Lipinski definition) is 3. The Kier molecular flexibility index (Phi) is 4.98. The number of carboxylic acids is 1. The maximum Gasteiger partial charge on any atom is 0.321 e. The van der Waals surface area contributed by atoms with Crippen LogP contribution < -0.4 is 15.5 Å². The van der Waals surface area contributed by atoms with Crippen molar-refractivity contribution in [1.82, 2.24) is 10.6 Å². The molecule has 0 bridgehead atoms. The minimum absolute atomic E-state index is 0.0183. The highest BCUT2D eigenvalue weighted by Crippen LogP contribution is 2.17. The smallest absolute Gasteiger partial charge is 0.321 e. The molecule has 1 aromatic rings. The van der Waals surface area contributed by atoms with Gasteiger partial charge in [-0.3, -0.25) is 14.5 Å². The molecule has 7 heteroatoms. The Morgan fingerprint density at radius 2 is 2.05 bits per heavy atom. The number of urea groups is 1. The summed E-state index contributed by atoms with van der Waals surface area (Å²) in [4.78, 5) is 35.7. The topological polar surface area (TPSA) is 98.7 Å². The van der Waals surface area contributed by atoms with Crippen molar-refractivity contribution in [3.8, 4) is 0 Å². The van der Waals surface area contributed by atoms with Crippen LogP contribution in [-0.2, 0) is 4.79 Å². The van der Waals surface area contributed by atoms with Crippen LogP contribution in [0.3, 0.4) is 0 Å². The fourth-order valence-electron chi connectivity index (χ4n) is 2.23. The Morgan fingerprint density at radius 3 is 2.59 bits per heavy atom. The number of amides is 3. The van der Waals surface area contributed by atoms with E-state index < -0.39 is 5.97 Å². The van der Waals surface area contributed by atoms with Crippen LogP contribution in [0.5, 0.6) is 0 Å². The molecule has 3 N–H and O–H groups in total. The summed E-state index contributed by atoms with van der Waals surface area (Å²) in [5.41, 5.74) is 1.22. The van der Waals surface area contributed by atoms with Crippen molar-refractivity contribution in [2.24, 2.45) is 0 Å². The highest BCUT2D eigenvalue weighted by atomic mass is 16.4. The SMILES string of the molecule is CC(CCC(=O)O)NC(=O)c1ccc(N2CCNC2=O)cc1. The summed E-state index contributed by atoms with van der Waals surface area (Å²) in [6, 6.07) is 6.40. The van der Waals surface area contributed by atoms with Crippen LogP contribution in [0, 0.1) is 0 Å². The molecule has 7 nitrogen and oxygen atoms in total. The Hall–Kier alpha value is -2.57. The molecule has 3 amide bonds. The van der Waals surface area contributed by atoms with Gasteiger partial charge in [0, 0.05) is 36.8 Å². The molecular formula is C15H19N3O4. The molecule has 0 saturated carbocycles. The van der Waals surface area contributed by atoms with E-state index in [9.17, 15) is 14.4 Å². The first-order valence-corrected chi connectivity index (χ1v) is 7.15. The molecule has 0 spiro atoms. The number of carbonyl (C=O) groups excluding carboxylic acids is 2. The van der Waals surface area contributed by atoms with Gasteiger partial charge in [-0.15, -0.1) is 0 Å². The molecule has 0 aliphatic carbocycles. The third-order valence-corrected chi connectivity index (χ3v) is 3.47. The molecule has 1 aromatic carbocycles. The fraction of sp³-hybridized carbons (Fsp3) is 0.400. The molecule has 0 aromatic heterocycles. The number of anilines is 1. The van der Waals surface area contributed by atoms with Crippen LogP contribution in [0.4, 0.5) is 10.5 Å². The Morgan fingerprint density at radius 1 is 1.36 bits per heavy atom. The second-order valence-corrected chi connectivity index (χ2v) is 5.24. The zero-order valence-corrected chi connectivity index (χ0v) is 12.3. The van der Waals surface area contributed by atoms with Gasteiger partial charge in [-0.05, 0) is 37.6 Å². The van der Waals surface area contributed by atoms with Gasteiger partial charge in [0.2, 0.25) is 0 Å². The number of benzene rings is 1. The van der Waals surface area contributed by atoms with Gasteiger partial charge in [-0.25, -0.2) is 4.79 Å². The van der Waals surface area contributed by atoms with Crippen molar-refractivity contribution in [2.45, 2.75) is 25.8 Å². The standard InChI is InChI=1S/C15H19N3O4/c1-10(2-7-13(19)20)17-14(21)11-3-5-12(6-4-11)18-9-8-16-15(18)22/h3-6,10H,2,7-9H2,1H3,(H,16,22)(H,17,21)(H,19,20). The third-order valence-electron chi connectivity index (χ3n) is 3.47. The molecule has 1 saturated heterocycles. The van der Waals surface area contributed by atoms with E-state index in [-0.39, 0.29) is 24.4 Å². The maximum absolute atomic E-state index is 12.0. The van der Waals surface area contributed by atoms with E-state index in [2.05, 4.69) is 10.6 Å². The minimum atomic E-state index is -0.880. The van der Waals surface area contributed by atoms with Crippen molar-refractivity contribution < 1.29 is 19.5 Å². The van der Waals surface area contributed by atoms with E-state index in [0.29, 0.717) is 25.1 Å². The summed E-state index contributed by atoms with van der Waals surface area (Å²) >= 11 is 0. The highest BCUT2D eigenvalue weighted by molar-refractivity contribution is 5.97. The molecule has 1 atom stereocenters. The van der Waals surface area contributed by atoms with Crippen molar-refractivity contribution in [3.63, 3.8) is 0 Å². The molecule has 1 heterocycles. The average Bonchev–Trinajstić information content (AvgIpc) is 2.91. The summed E-state index contributed by atoms with van der Waals surface area (Å²) in [6.07, 6.45) is 0.400. The van der Waals surface area contributed by atoms with Crippen molar-refractivity contribution in [1.29, 1.82) is 0 Å². The van der Waals surface area contributed by atoms with Crippen molar-refractivity contribution >= 4 is 23.6 Å². The highest BCUT2D eigenvalue weighted by Gasteiger charge is 2.21. The lowest BCUT2D eigenvalue weighted by Crippen LogP contribution is -2.33. The molecule has 118 valence electrons. The number of carbonyl (C=O) groups is 3. The molecule has 1 unspecified atom stereocenters. The van der Waals surface area contributed by atoms with E-state index in [4.69, 9.17) is 5.11 Å². The number of nitrogens with zero attached hydrogens (tertiary/aromatic N) is 1. The van der Waals surface area contributed by atoms with Gasteiger partial charge in [-0.1, -0.05) is 0 Å². The second-order valence-electron chi connectivity index (χ2n) is 5.24. The summed E-state index contributed by atoms with van der Waals surface area (Å²) in [5, 5.41) is 14.1. The predicted molar refractivity (Wildman–Crippen MR) is 81.0 cm³/mol. The van der Waals surface area contributed by atoms with Gasteiger partial charge in [0.1, 0.15) is 0 Å². The zero-order chi connectivity index (χ0) is 16.1. The number of aliphatic carboxylic acids is 1. The molecule has 1 aliphatic heterocycles. The normalized spacial score (nSPS) is 15.3. The monoisotopic (exact) mass is 305 g/mol. The number of carboxylic acid groups (broad SMARTS) is 1. The molecule has 1 fully saturated rings. The van der Waals surface area contributed by atoms with Crippen LogP contribution in [0.2, 0.25) is 0 Å². The molecular weight excluding hydrogens is 286 g/mol. The van der Waals surface area contributed by atoms with Gasteiger partial charge in [0.15, 0.2) is 0 Å². The lowest BCUT2D eigenvalue weighted by Gasteiger charge is -2.15. The first kappa shape index (κ1) is 15.8. The van der Waals surface area contributed by atoms with Gasteiger partial charge >= 0.3 is 12.0 Å². The van der Waals surface area contributed by atoms with Crippen molar-refractivity contribution in [2.75, 3.05) is 18.0 Å². The van der Waals surface area contributed by atoms with Crippen LogP contribution >= 0.6 is 0 Å². The fourth-order valence-corrected chi connectivity index (χ4v) is 2.23. The van der Waals surface area contributed by atoms with E-state index in [1.165, 1.54) is 0 Å². The Balaban J connectivity index is 1.93. The van der Waals surface area contributed by atoms with Crippen LogP contribution in [0.1, 0.15) is 30.1 Å². The predicted octanol–water partition coefficient (Wildman–Crippen LogP) is 1.20. The minimum Gasteiger partial charge on any atom is -0.481 e. The number of rotatable bonds is 6. The van der Waals surface area contributed by atoms with Crippen LogP contribution in [0.15, 0.2) is 24.3 Å². The van der Waals surface area contributed by atoms with Crippen molar-refractivity contribution in [3.05, 3.63) is 29.8 Å². The first-order chi connectivity index (χ1) is 10.5. The average molecular weight is 305 g/mol. The Labute approximate surface area is 128 Å². The number of nitrogens with one attached hydrogen (secondary N) is 2. The van der Waals surface area contributed by atoms with Gasteiger partial charge in [-0.2, -0.15) is 0 Å². The lowest BCUT2D eigenvalue weighted by molar-refractivity contribution is -0.137. The van der Waals surface area contributed by atoms with Gasteiger partial charge in [0.25, 0.3) is 5.91 Å². The van der Waals surface area contributed by atoms with Crippen LogP contribution in [0.25, 0.3) is 0 Å². The van der Waals surface area contributed by atoms with E-state index >= 15 is 0 Å². The maximum atomic E-state index is 12.0. The number of hydrogen-bond donors (Lipinski definition) is 3. The summed E-state index contributed by atoms with van der Waals surface area (Å²) in [5.74, 6) is -1.13. The third kappa shape index (κ3) is 3.97. The van der Waals surface area contributed by atoms with Gasteiger partial charge < -0.3 is 15.7 Å². The van der Waals surface area contributed by atoms with E-state index in [1.54, 1.807) is 36.1 Å². The summed E-state index contributed by atoms with van der Waals surface area (Å²) in [7, 11) is 0. The molecule has 0 radical (unpaired) electrons. The second kappa shape index (κ2) is 6.93. The van der Waals surface area contributed by atoms with Gasteiger partial charge in [0.05, 0.1) is 0 Å². The lowest BCUT2D eigenvalue weighted by atomic mass is 10.1. The molecule has 22 heavy (non-hydrogen) atoms. The molecule has 1 aliphatic rings. The van der Waals surface area contributed by atoms with E-state index in [1.807, 2.05) is 0 Å². The summed E-state index contributed by atoms with van der Waals surface area (Å²) in [6.45, 7) is 2.99.